The van der Waals surface area contributed by atoms with Gasteiger partial charge >= 0.3 is 5.97 Å². The van der Waals surface area contributed by atoms with Gasteiger partial charge in [-0.15, -0.1) is 0 Å². The van der Waals surface area contributed by atoms with Crippen LogP contribution in [0, 0.1) is 17.0 Å². The first-order valence-corrected chi connectivity index (χ1v) is 8.04. The maximum Gasteiger partial charge on any atom is 0.338 e. The summed E-state index contributed by atoms with van der Waals surface area (Å²) in [6, 6.07) is 2.18. The number of carbonyl (C=O) groups is 2. The van der Waals surface area contributed by atoms with Crippen LogP contribution in [0.4, 0.5) is 5.69 Å². The fourth-order valence-electron chi connectivity index (χ4n) is 2.14. The van der Waals surface area contributed by atoms with Crippen molar-refractivity contribution in [1.82, 2.24) is 0 Å². The number of rotatable bonds is 7. The lowest BCUT2D eigenvalue weighted by Gasteiger charge is -2.20. The number of ether oxygens (including phenoxy) is 1. The number of nitrogens with zero attached hydrogens (tertiary/aromatic N) is 1. The summed E-state index contributed by atoms with van der Waals surface area (Å²) in [6.07, 6.45) is -2.55. The lowest BCUT2D eigenvalue weighted by Crippen LogP contribution is -2.21. The van der Waals surface area contributed by atoms with E-state index in [1.54, 1.807) is 0 Å². The van der Waals surface area contributed by atoms with Gasteiger partial charge in [0.1, 0.15) is 6.10 Å². The topological polar surface area (TPSA) is 127 Å². The number of nitro benzene ring substituents is 1. The minimum atomic E-state index is -1.43. The number of aliphatic hydroxyl groups is 2. The first kappa shape index (κ1) is 20.1. The number of esters is 1. The van der Waals surface area contributed by atoms with Gasteiger partial charge in [0.05, 0.1) is 23.7 Å². The molecule has 0 amide bonds. The molecule has 0 saturated heterocycles. The molecule has 0 saturated carbocycles. The second-order valence-corrected chi connectivity index (χ2v) is 6.37. The van der Waals surface area contributed by atoms with Gasteiger partial charge in [-0.2, -0.15) is 0 Å². The molecule has 0 heterocycles. The van der Waals surface area contributed by atoms with E-state index in [4.69, 9.17) is 0 Å². The van der Waals surface area contributed by atoms with E-state index in [0.717, 1.165) is 31.0 Å². The summed E-state index contributed by atoms with van der Waals surface area (Å²) in [5, 5.41) is 31.3. The van der Waals surface area contributed by atoms with Crippen molar-refractivity contribution in [1.29, 1.82) is 0 Å². The molecule has 2 atom stereocenters. The van der Waals surface area contributed by atoms with Crippen LogP contribution in [0.5, 0.6) is 0 Å². The van der Waals surface area contributed by atoms with E-state index in [1.165, 1.54) is 13.8 Å². The molecule has 24 heavy (non-hydrogen) atoms. The highest BCUT2D eigenvalue weighted by Gasteiger charge is 2.26. The highest BCUT2D eigenvalue weighted by Crippen LogP contribution is 2.30. The molecule has 8 nitrogen and oxygen atoms in total. The molecule has 2 unspecified atom stereocenters. The molecule has 1 aromatic carbocycles. The summed E-state index contributed by atoms with van der Waals surface area (Å²) in [5.74, 6) is -0.475. The first-order valence-electron chi connectivity index (χ1n) is 7.05. The van der Waals surface area contributed by atoms with E-state index in [2.05, 4.69) is 4.74 Å². The van der Waals surface area contributed by atoms with Crippen LogP contribution in [0.25, 0.3) is 0 Å². The van der Waals surface area contributed by atoms with Crippen LogP contribution in [0.2, 0.25) is 0 Å². The number of carbonyl (C=O) groups excluding carboxylic acids is 2. The molecule has 0 bridgehead atoms. The zero-order chi connectivity index (χ0) is 18.4. The van der Waals surface area contributed by atoms with Crippen molar-refractivity contribution in [3.05, 3.63) is 38.9 Å². The summed E-state index contributed by atoms with van der Waals surface area (Å²) in [6.45, 7) is 2.90. The number of hydrogen-bond donors (Lipinski definition) is 2. The van der Waals surface area contributed by atoms with Crippen molar-refractivity contribution in [2.75, 3.05) is 12.9 Å². The highest BCUT2D eigenvalue weighted by atomic mass is 32.2. The number of hydrogen-bond acceptors (Lipinski definition) is 8. The number of nitro groups is 1. The number of non-ortho nitro benzene ring substituents is 1. The summed E-state index contributed by atoms with van der Waals surface area (Å²) in [4.78, 5) is 33.0. The zero-order valence-electron chi connectivity index (χ0n) is 13.5. The highest BCUT2D eigenvalue weighted by molar-refractivity contribution is 8.13. The lowest BCUT2D eigenvalue weighted by atomic mass is 9.94. The molecule has 1 rings (SSSR count). The Bertz CT molecular complexity index is 647. The average molecular weight is 357 g/mol. The van der Waals surface area contributed by atoms with Crippen LogP contribution >= 0.6 is 11.8 Å². The minimum Gasteiger partial charge on any atom is -0.465 e. The molecule has 0 aliphatic heterocycles. The minimum absolute atomic E-state index is 0.0499. The van der Waals surface area contributed by atoms with Gasteiger partial charge in [0.2, 0.25) is 0 Å². The van der Waals surface area contributed by atoms with E-state index >= 15 is 0 Å². The van der Waals surface area contributed by atoms with Crippen LogP contribution in [0.1, 0.15) is 40.9 Å². The molecular formula is C15H19NO7S. The zero-order valence-corrected chi connectivity index (χ0v) is 14.3. The number of thioether (sulfide) groups is 1. The summed E-state index contributed by atoms with van der Waals surface area (Å²) in [7, 11) is 1.14. The van der Waals surface area contributed by atoms with Gasteiger partial charge in [-0.1, -0.05) is 11.8 Å². The van der Waals surface area contributed by atoms with Gasteiger partial charge in [0.15, 0.2) is 5.12 Å². The van der Waals surface area contributed by atoms with Gasteiger partial charge in [0, 0.05) is 24.8 Å². The van der Waals surface area contributed by atoms with Gasteiger partial charge in [-0.3, -0.25) is 14.9 Å². The van der Waals surface area contributed by atoms with Crippen molar-refractivity contribution >= 4 is 28.5 Å². The third-order valence-corrected chi connectivity index (χ3v) is 4.30. The van der Waals surface area contributed by atoms with Gasteiger partial charge < -0.3 is 14.9 Å². The van der Waals surface area contributed by atoms with Crippen molar-refractivity contribution in [2.45, 2.75) is 32.5 Å². The predicted molar refractivity (Wildman–Crippen MR) is 87.9 cm³/mol. The molecule has 9 heteroatoms. The standard InChI is InChI=1S/C15H19NO7S/c1-8-11(14(19)13(18)4-5-24-9(2)17)6-10(16(21)22)7-12(8)15(20)23-3/h6-7,13-14,18-19H,4-5H2,1-3H3. The van der Waals surface area contributed by atoms with Gasteiger partial charge in [-0.25, -0.2) is 4.79 Å². The van der Waals surface area contributed by atoms with E-state index < -0.39 is 23.1 Å². The molecule has 0 aliphatic carbocycles. The second kappa shape index (κ2) is 8.76. The Balaban J connectivity index is 3.16. The molecule has 0 radical (unpaired) electrons. The van der Waals surface area contributed by atoms with Crippen LogP contribution in [0.15, 0.2) is 12.1 Å². The molecule has 0 aromatic heterocycles. The third-order valence-electron chi connectivity index (χ3n) is 3.45. The monoisotopic (exact) mass is 357 g/mol. The van der Waals surface area contributed by atoms with E-state index in [-0.39, 0.29) is 28.4 Å². The fraction of sp³-hybridized carbons (Fsp3) is 0.467. The second-order valence-electron chi connectivity index (χ2n) is 5.10. The van der Waals surface area contributed by atoms with Crippen molar-refractivity contribution in [3.8, 4) is 0 Å². The Kier molecular flexibility index (Phi) is 7.33. The predicted octanol–water partition coefficient (Wildman–Crippen LogP) is 1.75. The van der Waals surface area contributed by atoms with Crippen LogP contribution in [0.3, 0.4) is 0 Å². The number of methoxy groups -OCH3 is 1. The molecule has 132 valence electrons. The lowest BCUT2D eigenvalue weighted by molar-refractivity contribution is -0.385. The van der Waals surface area contributed by atoms with Gasteiger partial charge in [-0.05, 0) is 24.5 Å². The third kappa shape index (κ3) is 5.02. The SMILES string of the molecule is COC(=O)c1cc([N+](=O)[O-])cc(C(O)C(O)CCSC(C)=O)c1C. The molecular weight excluding hydrogens is 338 g/mol. The Morgan fingerprint density at radius 2 is 2.00 bits per heavy atom. The molecule has 1 aromatic rings. The van der Waals surface area contributed by atoms with E-state index in [1.807, 2.05) is 0 Å². The molecule has 2 N–H and O–H groups in total. The van der Waals surface area contributed by atoms with Crippen molar-refractivity contribution in [3.63, 3.8) is 0 Å². The maximum absolute atomic E-state index is 11.8. The normalized spacial score (nSPS) is 13.2. The van der Waals surface area contributed by atoms with Crippen molar-refractivity contribution in [2.24, 2.45) is 0 Å². The number of aliphatic hydroxyl groups excluding tert-OH is 2. The maximum atomic E-state index is 11.8. The Hall–Kier alpha value is -1.97. The summed E-state index contributed by atoms with van der Waals surface area (Å²) in [5.41, 5.74) is -0.0745. The smallest absolute Gasteiger partial charge is 0.338 e. The van der Waals surface area contributed by atoms with Crippen LogP contribution in [-0.2, 0) is 9.53 Å². The Morgan fingerprint density at radius 1 is 1.38 bits per heavy atom. The summed E-state index contributed by atoms with van der Waals surface area (Å²) < 4.78 is 4.59. The van der Waals surface area contributed by atoms with Crippen molar-refractivity contribution < 1.29 is 29.5 Å². The quantitative estimate of drug-likeness (QED) is 0.429. The summed E-state index contributed by atoms with van der Waals surface area (Å²) >= 11 is 1.00. The van der Waals surface area contributed by atoms with E-state index in [0.29, 0.717) is 11.3 Å². The Labute approximate surface area is 143 Å². The van der Waals surface area contributed by atoms with Crippen LogP contribution < -0.4 is 0 Å². The van der Waals surface area contributed by atoms with Gasteiger partial charge in [0.25, 0.3) is 5.69 Å². The Morgan fingerprint density at radius 3 is 2.50 bits per heavy atom. The molecule has 0 fully saturated rings. The van der Waals surface area contributed by atoms with Crippen LogP contribution in [-0.4, -0.2) is 45.2 Å². The first-order chi connectivity index (χ1) is 11.2. The largest absolute Gasteiger partial charge is 0.465 e. The molecule has 0 spiro atoms. The van der Waals surface area contributed by atoms with E-state index in [9.17, 15) is 29.9 Å². The molecule has 0 aliphatic rings. The fourth-order valence-corrected chi connectivity index (χ4v) is 2.79. The average Bonchev–Trinajstić information content (AvgIpc) is 2.52. The number of benzene rings is 1.